The third-order valence-corrected chi connectivity index (χ3v) is 5.31. The summed E-state index contributed by atoms with van der Waals surface area (Å²) >= 11 is 0. The van der Waals surface area contributed by atoms with Crippen LogP contribution in [0.2, 0.25) is 0 Å². The number of azide groups is 1. The molecule has 0 radical (unpaired) electrons. The zero-order valence-electron chi connectivity index (χ0n) is 17.7. The summed E-state index contributed by atoms with van der Waals surface area (Å²) in [7, 11) is 0. The van der Waals surface area contributed by atoms with Crippen molar-refractivity contribution in [2.45, 2.75) is 37.9 Å². The summed E-state index contributed by atoms with van der Waals surface area (Å²) in [6.45, 7) is 2.72. The lowest BCUT2D eigenvalue weighted by atomic mass is 9.89. The molecular formula is C22H20F3N5O3. The van der Waals surface area contributed by atoms with Gasteiger partial charge < -0.3 is 14.9 Å². The topological polar surface area (TPSA) is 116 Å². The van der Waals surface area contributed by atoms with Gasteiger partial charge in [-0.1, -0.05) is 29.4 Å². The minimum Gasteiger partial charge on any atom is -0.491 e. The molecule has 11 heteroatoms. The zero-order valence-corrected chi connectivity index (χ0v) is 17.7. The summed E-state index contributed by atoms with van der Waals surface area (Å²) in [5.74, 6) is 0.0455. The van der Waals surface area contributed by atoms with Crippen molar-refractivity contribution >= 4 is 0 Å². The fourth-order valence-corrected chi connectivity index (χ4v) is 3.90. The maximum Gasteiger partial charge on any atom is 0.425 e. The van der Waals surface area contributed by atoms with Crippen molar-refractivity contribution in [1.82, 2.24) is 9.78 Å². The van der Waals surface area contributed by atoms with E-state index in [9.17, 15) is 23.4 Å². The maximum absolute atomic E-state index is 14.3. The number of aliphatic hydroxyl groups is 2. The summed E-state index contributed by atoms with van der Waals surface area (Å²) in [6, 6.07) is 8.49. The third kappa shape index (κ3) is 3.91. The molecule has 4 rings (SSSR count). The molecule has 1 atom stereocenters. The van der Waals surface area contributed by atoms with Crippen LogP contribution in [0.3, 0.4) is 0 Å². The number of hydrogen-bond acceptors (Lipinski definition) is 5. The van der Waals surface area contributed by atoms with E-state index >= 15 is 0 Å². The highest BCUT2D eigenvalue weighted by atomic mass is 19.4. The van der Waals surface area contributed by atoms with Crippen LogP contribution < -0.4 is 4.74 Å². The predicted octanol–water partition coefficient (Wildman–Crippen LogP) is 4.75. The molecule has 1 heterocycles. The number of aromatic nitrogens is 2. The molecule has 3 aromatic rings. The van der Waals surface area contributed by atoms with Crippen LogP contribution in [-0.2, 0) is 12.3 Å². The molecular weight excluding hydrogens is 439 g/mol. The Bertz CT molecular complexity index is 1260. The second-order valence-electron chi connectivity index (χ2n) is 8.39. The third-order valence-electron chi connectivity index (χ3n) is 5.31. The van der Waals surface area contributed by atoms with Gasteiger partial charge in [0.05, 0.1) is 11.8 Å². The van der Waals surface area contributed by atoms with E-state index in [-0.39, 0.29) is 41.3 Å². The number of benzene rings is 2. The first-order chi connectivity index (χ1) is 15.5. The van der Waals surface area contributed by atoms with E-state index in [1.165, 1.54) is 49.1 Å². The minimum absolute atomic E-state index is 0.0455. The van der Waals surface area contributed by atoms with E-state index in [4.69, 9.17) is 10.3 Å². The number of fused-ring (bicyclic) bond motifs is 3. The Balaban J connectivity index is 1.98. The second-order valence-corrected chi connectivity index (χ2v) is 8.39. The summed E-state index contributed by atoms with van der Waals surface area (Å²) < 4.78 is 49.8. The van der Waals surface area contributed by atoms with Crippen LogP contribution in [0.1, 0.15) is 25.0 Å². The van der Waals surface area contributed by atoms with E-state index in [0.717, 1.165) is 6.07 Å². The molecule has 0 saturated carbocycles. The van der Waals surface area contributed by atoms with Gasteiger partial charge in [-0.3, -0.25) is 4.68 Å². The lowest BCUT2D eigenvalue weighted by Gasteiger charge is -2.29. The van der Waals surface area contributed by atoms with Gasteiger partial charge in [-0.25, -0.2) is 0 Å². The first-order valence-electron chi connectivity index (χ1n) is 9.92. The quantitative estimate of drug-likeness (QED) is 0.314. The Morgan fingerprint density at radius 1 is 1.18 bits per heavy atom. The molecule has 0 spiro atoms. The van der Waals surface area contributed by atoms with Crippen LogP contribution >= 0.6 is 0 Å². The van der Waals surface area contributed by atoms with Crippen LogP contribution in [0.4, 0.5) is 13.2 Å². The van der Waals surface area contributed by atoms with E-state index < -0.39 is 17.4 Å². The van der Waals surface area contributed by atoms with Gasteiger partial charge in [0.25, 0.3) is 0 Å². The molecule has 0 aliphatic heterocycles. The summed E-state index contributed by atoms with van der Waals surface area (Å²) in [6.07, 6.45) is -2.06. The van der Waals surface area contributed by atoms with Crippen LogP contribution in [0, 0.1) is 0 Å². The summed E-state index contributed by atoms with van der Waals surface area (Å²) in [5.41, 5.74) is 4.61. The Kier molecular flexibility index (Phi) is 5.36. The molecule has 1 aliphatic rings. The normalized spacial score (nSPS) is 17.3. The monoisotopic (exact) mass is 459 g/mol. The molecule has 1 aromatic heterocycles. The van der Waals surface area contributed by atoms with Crippen molar-refractivity contribution in [3.8, 4) is 28.0 Å². The number of alkyl halides is 3. The van der Waals surface area contributed by atoms with Gasteiger partial charge in [0.2, 0.25) is 5.60 Å². The standard InChI is InChI=1S/C22H20F3N5O3/c1-20(2,31)11-33-14-7-16(13-9-28-30(10-13)12-27-29-26)19-15-5-3-4-6-17(15)21(32,18(19)8-14)22(23,24)25/h3-10,31-32H,11-12H2,1-2H3/t21-/m1/s1. The highest BCUT2D eigenvalue weighted by Gasteiger charge is 2.61. The number of hydrogen-bond donors (Lipinski definition) is 2. The lowest BCUT2D eigenvalue weighted by molar-refractivity contribution is -0.246. The van der Waals surface area contributed by atoms with Gasteiger partial charge in [0.15, 0.2) is 0 Å². The highest BCUT2D eigenvalue weighted by molar-refractivity contribution is 5.93. The van der Waals surface area contributed by atoms with Crippen LogP contribution in [0.25, 0.3) is 32.7 Å². The molecule has 0 saturated heterocycles. The highest BCUT2D eigenvalue weighted by Crippen LogP contribution is 2.58. The van der Waals surface area contributed by atoms with Crippen LogP contribution in [0.15, 0.2) is 53.9 Å². The van der Waals surface area contributed by atoms with Crippen molar-refractivity contribution in [1.29, 1.82) is 0 Å². The molecule has 172 valence electrons. The molecule has 0 fully saturated rings. The average molecular weight is 459 g/mol. The van der Waals surface area contributed by atoms with E-state index in [0.29, 0.717) is 11.1 Å². The molecule has 0 amide bonds. The largest absolute Gasteiger partial charge is 0.491 e. The lowest BCUT2D eigenvalue weighted by Crippen LogP contribution is -2.41. The Morgan fingerprint density at radius 2 is 1.91 bits per heavy atom. The number of nitrogens with zero attached hydrogens (tertiary/aromatic N) is 5. The van der Waals surface area contributed by atoms with E-state index in [2.05, 4.69) is 15.1 Å². The number of rotatable bonds is 6. The fourth-order valence-electron chi connectivity index (χ4n) is 3.90. The Morgan fingerprint density at radius 3 is 2.58 bits per heavy atom. The average Bonchev–Trinajstić information content (AvgIpc) is 3.32. The summed E-state index contributed by atoms with van der Waals surface area (Å²) in [4.78, 5) is 2.67. The molecule has 1 aliphatic carbocycles. The predicted molar refractivity (Wildman–Crippen MR) is 113 cm³/mol. The van der Waals surface area contributed by atoms with Crippen molar-refractivity contribution in [3.63, 3.8) is 0 Å². The number of ether oxygens (including phenoxy) is 1. The van der Waals surface area contributed by atoms with Gasteiger partial charge >= 0.3 is 6.18 Å². The maximum atomic E-state index is 14.3. The van der Waals surface area contributed by atoms with Crippen molar-refractivity contribution in [3.05, 3.63) is 70.4 Å². The van der Waals surface area contributed by atoms with Gasteiger partial charge in [-0.05, 0) is 48.2 Å². The second kappa shape index (κ2) is 7.80. The minimum atomic E-state index is -5.01. The van der Waals surface area contributed by atoms with Crippen LogP contribution in [-0.4, -0.2) is 38.4 Å². The Hall–Kier alpha value is -3.53. The zero-order chi connectivity index (χ0) is 24.0. The molecule has 2 N–H and O–H groups in total. The Labute approximate surface area is 186 Å². The van der Waals surface area contributed by atoms with Gasteiger partial charge in [0.1, 0.15) is 19.0 Å². The smallest absolute Gasteiger partial charge is 0.425 e. The van der Waals surface area contributed by atoms with E-state index in [1.54, 1.807) is 12.1 Å². The molecule has 8 nitrogen and oxygen atoms in total. The van der Waals surface area contributed by atoms with E-state index in [1.807, 2.05) is 0 Å². The molecule has 0 unspecified atom stereocenters. The van der Waals surface area contributed by atoms with Gasteiger partial charge in [-0.2, -0.15) is 18.3 Å². The summed E-state index contributed by atoms with van der Waals surface area (Å²) in [5, 5.41) is 28.6. The van der Waals surface area contributed by atoms with Crippen molar-refractivity contribution < 1.29 is 28.1 Å². The molecule has 2 aromatic carbocycles. The van der Waals surface area contributed by atoms with Gasteiger partial charge in [-0.15, -0.1) is 0 Å². The van der Waals surface area contributed by atoms with Gasteiger partial charge in [0, 0.05) is 27.8 Å². The SMILES string of the molecule is CC(C)(O)COc1cc(-c2cnn(CN=[N+]=[N-])c2)c2c(c1)[C@@](O)(C(F)(F)F)c1ccccc1-2. The van der Waals surface area contributed by atoms with Crippen molar-refractivity contribution in [2.24, 2.45) is 5.11 Å². The number of halogens is 3. The van der Waals surface area contributed by atoms with Crippen LogP contribution in [0.5, 0.6) is 5.75 Å². The first kappa shape index (κ1) is 22.7. The molecule has 0 bridgehead atoms. The van der Waals surface area contributed by atoms with Crippen molar-refractivity contribution in [2.75, 3.05) is 6.61 Å². The first-order valence-corrected chi connectivity index (χ1v) is 9.92. The fraction of sp³-hybridized carbons (Fsp3) is 0.318. The molecule has 33 heavy (non-hydrogen) atoms.